The first kappa shape index (κ1) is 38.0. The number of hydrogen-bond acceptors (Lipinski definition) is 6. The Kier molecular flexibility index (Phi) is 16.6. The second-order valence-corrected chi connectivity index (χ2v) is 12.4. The number of ether oxygens (including phenoxy) is 1. The van der Waals surface area contributed by atoms with E-state index in [2.05, 4.69) is 22.9 Å². The van der Waals surface area contributed by atoms with Crippen LogP contribution in [0.15, 0.2) is 72.8 Å². The maximum absolute atomic E-state index is 13.7. The smallest absolute Gasteiger partial charge is 0.408 e. The number of unbranched alkanes of at least 4 members (excludes halogenated alkanes) is 4. The molecule has 4 atom stereocenters. The van der Waals surface area contributed by atoms with Crippen molar-refractivity contribution >= 4 is 23.8 Å². The molecule has 0 bridgehead atoms. The summed E-state index contributed by atoms with van der Waals surface area (Å²) >= 11 is 0. The molecule has 0 aliphatic carbocycles. The fraction of sp³-hybridized carbons (Fsp3) is 0.500. The number of alkyl carbamates (subject to hydrolysis) is 1. The molecule has 0 aromatic heterocycles. The van der Waals surface area contributed by atoms with Gasteiger partial charge >= 0.3 is 6.09 Å². The van der Waals surface area contributed by atoms with Crippen molar-refractivity contribution in [2.45, 2.75) is 109 Å². The van der Waals surface area contributed by atoms with Crippen molar-refractivity contribution in [3.63, 3.8) is 0 Å². The quantitative estimate of drug-likeness (QED) is 0.105. The fourth-order valence-corrected chi connectivity index (χ4v) is 4.88. The van der Waals surface area contributed by atoms with E-state index in [4.69, 9.17) is 10.5 Å². The highest BCUT2D eigenvalue weighted by Gasteiger charge is 2.30. The zero-order valence-electron chi connectivity index (χ0n) is 27.7. The number of carbonyl (C=O) groups is 4. The van der Waals surface area contributed by atoms with Crippen LogP contribution >= 0.6 is 0 Å². The van der Waals surface area contributed by atoms with Gasteiger partial charge in [-0.05, 0) is 36.8 Å². The molecule has 46 heavy (non-hydrogen) atoms. The Hall–Kier alpha value is -4.18. The van der Waals surface area contributed by atoms with E-state index in [1.165, 1.54) is 12.2 Å². The van der Waals surface area contributed by atoms with Crippen molar-refractivity contribution < 1.29 is 29.0 Å². The number of aliphatic hydroxyl groups is 1. The van der Waals surface area contributed by atoms with Crippen molar-refractivity contribution in [3.8, 4) is 0 Å². The lowest BCUT2D eigenvalue weighted by molar-refractivity contribution is -0.131. The average Bonchev–Trinajstić information content (AvgIpc) is 3.02. The lowest BCUT2D eigenvalue weighted by Crippen LogP contribution is -2.57. The molecule has 252 valence electrons. The lowest BCUT2D eigenvalue weighted by Gasteiger charge is -2.25. The minimum Gasteiger partial charge on any atom is -0.445 e. The van der Waals surface area contributed by atoms with Crippen LogP contribution in [-0.4, -0.2) is 52.6 Å². The summed E-state index contributed by atoms with van der Waals surface area (Å²) in [6, 6.07) is 14.9. The van der Waals surface area contributed by atoms with Crippen LogP contribution in [0.1, 0.15) is 83.8 Å². The zero-order valence-corrected chi connectivity index (χ0v) is 27.7. The van der Waals surface area contributed by atoms with E-state index >= 15 is 0 Å². The van der Waals surface area contributed by atoms with Crippen LogP contribution in [0.5, 0.6) is 0 Å². The second-order valence-electron chi connectivity index (χ2n) is 12.4. The molecule has 0 saturated heterocycles. The Morgan fingerprint density at radius 2 is 1.43 bits per heavy atom. The standard InChI is InChI=1S/C36H52N4O6/c1-5-6-7-8-15-21-36(4,45)22-20-29(40-35(44)46-25-28-18-13-10-14-19-28)33(42)39-31(24-27-16-11-9-12-17-27)34(43)38-30(32(37)41)23-26(2)3/h9-14,16-20,22,26,29-31,45H,5-8,15,21,23-25H2,1-4H3,(H2,37,41)(H,38,43)(H,39,42)(H,40,44)/t29?,30-,31?,36?/m0/s1. The van der Waals surface area contributed by atoms with Crippen LogP contribution in [0.25, 0.3) is 0 Å². The van der Waals surface area contributed by atoms with E-state index in [1.54, 1.807) is 19.1 Å². The molecular weight excluding hydrogens is 584 g/mol. The molecule has 0 aliphatic heterocycles. The van der Waals surface area contributed by atoms with Gasteiger partial charge in [-0.15, -0.1) is 0 Å². The minimum atomic E-state index is -1.27. The molecule has 2 rings (SSSR count). The van der Waals surface area contributed by atoms with E-state index in [9.17, 15) is 24.3 Å². The average molecular weight is 637 g/mol. The Morgan fingerprint density at radius 1 is 0.848 bits per heavy atom. The molecule has 0 aliphatic rings. The molecular formula is C36H52N4O6. The summed E-state index contributed by atoms with van der Waals surface area (Å²) in [5.41, 5.74) is 5.88. The summed E-state index contributed by atoms with van der Waals surface area (Å²) < 4.78 is 5.35. The molecule has 0 spiro atoms. The van der Waals surface area contributed by atoms with Crippen LogP contribution in [-0.2, 0) is 32.1 Å². The number of nitrogens with two attached hydrogens (primary N) is 1. The Bertz CT molecular complexity index is 1250. The molecule has 10 nitrogen and oxygen atoms in total. The summed E-state index contributed by atoms with van der Waals surface area (Å²) in [6.45, 7) is 7.59. The topological polar surface area (TPSA) is 160 Å². The first-order valence-electron chi connectivity index (χ1n) is 16.2. The van der Waals surface area contributed by atoms with Gasteiger partial charge in [-0.1, -0.05) is 126 Å². The van der Waals surface area contributed by atoms with E-state index in [0.29, 0.717) is 12.8 Å². The Morgan fingerprint density at radius 3 is 2.02 bits per heavy atom. The molecule has 2 aromatic rings. The summed E-state index contributed by atoms with van der Waals surface area (Å²) in [4.78, 5) is 52.1. The predicted molar refractivity (Wildman–Crippen MR) is 179 cm³/mol. The number of benzene rings is 2. The van der Waals surface area contributed by atoms with Gasteiger partial charge in [0.25, 0.3) is 0 Å². The first-order valence-corrected chi connectivity index (χ1v) is 16.2. The normalized spacial score (nSPS) is 14.6. The molecule has 4 amide bonds. The zero-order chi connectivity index (χ0) is 34.0. The van der Waals surface area contributed by atoms with E-state index in [-0.39, 0.29) is 18.9 Å². The van der Waals surface area contributed by atoms with Crippen molar-refractivity contribution in [2.75, 3.05) is 0 Å². The molecule has 2 aromatic carbocycles. The van der Waals surface area contributed by atoms with Crippen molar-refractivity contribution in [1.29, 1.82) is 0 Å². The van der Waals surface area contributed by atoms with Crippen LogP contribution in [0.4, 0.5) is 4.79 Å². The lowest BCUT2D eigenvalue weighted by atomic mass is 9.96. The van der Waals surface area contributed by atoms with Crippen LogP contribution in [0.2, 0.25) is 0 Å². The van der Waals surface area contributed by atoms with Crippen LogP contribution in [0, 0.1) is 5.92 Å². The van der Waals surface area contributed by atoms with Gasteiger partial charge in [-0.25, -0.2) is 4.79 Å². The maximum atomic E-state index is 13.7. The molecule has 3 unspecified atom stereocenters. The van der Waals surface area contributed by atoms with Gasteiger partial charge in [0.2, 0.25) is 17.7 Å². The second kappa shape index (κ2) is 20.0. The summed E-state index contributed by atoms with van der Waals surface area (Å²) in [7, 11) is 0. The number of hydrogen-bond donors (Lipinski definition) is 5. The highest BCUT2D eigenvalue weighted by atomic mass is 16.5. The molecule has 6 N–H and O–H groups in total. The molecule has 0 radical (unpaired) electrons. The molecule has 0 fully saturated rings. The van der Waals surface area contributed by atoms with Gasteiger partial charge in [0.05, 0.1) is 5.60 Å². The number of carbonyl (C=O) groups excluding carboxylic acids is 4. The Labute approximate surface area is 273 Å². The molecule has 0 saturated carbocycles. The Balaban J connectivity index is 2.27. The fourth-order valence-electron chi connectivity index (χ4n) is 4.88. The number of amides is 4. The van der Waals surface area contributed by atoms with E-state index < -0.39 is 47.5 Å². The monoisotopic (exact) mass is 636 g/mol. The number of primary amides is 1. The van der Waals surface area contributed by atoms with Gasteiger partial charge < -0.3 is 31.5 Å². The van der Waals surface area contributed by atoms with Gasteiger partial charge in [0.15, 0.2) is 0 Å². The third kappa shape index (κ3) is 15.2. The van der Waals surface area contributed by atoms with Crippen LogP contribution in [0.3, 0.4) is 0 Å². The first-order chi connectivity index (χ1) is 21.9. The maximum Gasteiger partial charge on any atom is 0.408 e. The van der Waals surface area contributed by atoms with Crippen molar-refractivity contribution in [3.05, 3.63) is 83.9 Å². The summed E-state index contributed by atoms with van der Waals surface area (Å²) in [5.74, 6) is -1.87. The van der Waals surface area contributed by atoms with Crippen LogP contribution < -0.4 is 21.7 Å². The van der Waals surface area contributed by atoms with Crippen molar-refractivity contribution in [1.82, 2.24) is 16.0 Å². The highest BCUT2D eigenvalue weighted by molar-refractivity contribution is 5.94. The number of rotatable bonds is 20. The third-order valence-corrected chi connectivity index (χ3v) is 7.49. The minimum absolute atomic E-state index is 0.0103. The van der Waals surface area contributed by atoms with Gasteiger partial charge in [-0.2, -0.15) is 0 Å². The highest BCUT2D eigenvalue weighted by Crippen LogP contribution is 2.18. The molecule has 10 heteroatoms. The summed E-state index contributed by atoms with van der Waals surface area (Å²) in [6.07, 6.45) is 8.09. The van der Waals surface area contributed by atoms with Crippen molar-refractivity contribution in [2.24, 2.45) is 11.7 Å². The largest absolute Gasteiger partial charge is 0.445 e. The summed E-state index contributed by atoms with van der Waals surface area (Å²) in [5, 5.41) is 19.0. The van der Waals surface area contributed by atoms with Gasteiger partial charge in [0, 0.05) is 6.42 Å². The van der Waals surface area contributed by atoms with Gasteiger partial charge in [-0.3, -0.25) is 14.4 Å². The van der Waals surface area contributed by atoms with E-state index in [0.717, 1.165) is 43.2 Å². The predicted octanol–water partition coefficient (Wildman–Crippen LogP) is 4.69. The van der Waals surface area contributed by atoms with E-state index in [1.807, 2.05) is 62.4 Å². The third-order valence-electron chi connectivity index (χ3n) is 7.49. The van der Waals surface area contributed by atoms with Gasteiger partial charge in [0.1, 0.15) is 24.7 Å². The SMILES string of the molecule is CCCCCCCC(C)(O)C=CC(NC(=O)OCc1ccccc1)C(=O)NC(Cc1ccccc1)C(=O)N[C@@H](CC(C)C)C(N)=O. The molecule has 0 heterocycles. The number of nitrogens with one attached hydrogen (secondary N) is 3.